The van der Waals surface area contributed by atoms with E-state index in [1.165, 1.54) is 0 Å². The number of nitrogens with one attached hydrogen (secondary N) is 1. The average molecular weight is 311 g/mol. The van der Waals surface area contributed by atoms with Gasteiger partial charge < -0.3 is 14.8 Å². The summed E-state index contributed by atoms with van der Waals surface area (Å²) in [6.07, 6.45) is 2.58. The Bertz CT molecular complexity index is 695. The van der Waals surface area contributed by atoms with Crippen LogP contribution in [0.2, 0.25) is 0 Å². The van der Waals surface area contributed by atoms with Crippen LogP contribution in [0.1, 0.15) is 11.1 Å². The number of anilines is 1. The molecule has 0 heterocycles. The molecule has 23 heavy (non-hydrogen) atoms. The van der Waals surface area contributed by atoms with Crippen LogP contribution in [0.4, 0.5) is 5.69 Å². The van der Waals surface area contributed by atoms with Gasteiger partial charge in [0.1, 0.15) is 0 Å². The number of hydrogen-bond donors (Lipinski definition) is 1. The topological polar surface area (TPSA) is 47.6 Å². The fourth-order valence-electron chi connectivity index (χ4n) is 2.19. The van der Waals surface area contributed by atoms with Crippen molar-refractivity contribution < 1.29 is 14.3 Å². The van der Waals surface area contributed by atoms with Gasteiger partial charge >= 0.3 is 0 Å². The van der Waals surface area contributed by atoms with Crippen LogP contribution in [0.3, 0.4) is 0 Å². The minimum Gasteiger partial charge on any atom is -0.493 e. The van der Waals surface area contributed by atoms with Crippen molar-refractivity contribution in [1.29, 1.82) is 0 Å². The second-order valence-electron chi connectivity index (χ2n) is 5.18. The van der Waals surface area contributed by atoms with Crippen LogP contribution >= 0.6 is 0 Å². The Morgan fingerprint density at radius 1 is 1.22 bits per heavy atom. The van der Waals surface area contributed by atoms with Crippen molar-refractivity contribution in [3.05, 3.63) is 66.2 Å². The van der Waals surface area contributed by atoms with Crippen LogP contribution in [0.5, 0.6) is 11.5 Å². The number of ether oxygens (including phenoxy) is 2. The van der Waals surface area contributed by atoms with Gasteiger partial charge in [-0.25, -0.2) is 0 Å². The van der Waals surface area contributed by atoms with E-state index in [2.05, 4.69) is 11.9 Å². The Hall–Kier alpha value is -2.75. The largest absolute Gasteiger partial charge is 0.493 e. The number of benzene rings is 2. The van der Waals surface area contributed by atoms with Gasteiger partial charge in [-0.3, -0.25) is 4.79 Å². The molecule has 0 radical (unpaired) electrons. The summed E-state index contributed by atoms with van der Waals surface area (Å²) in [6.45, 7) is 5.61. The van der Waals surface area contributed by atoms with Crippen molar-refractivity contribution in [3.63, 3.8) is 0 Å². The maximum absolute atomic E-state index is 12.0. The summed E-state index contributed by atoms with van der Waals surface area (Å²) in [7, 11) is 1.58. The number of hydrogen-bond acceptors (Lipinski definition) is 3. The third-order valence-electron chi connectivity index (χ3n) is 3.27. The van der Waals surface area contributed by atoms with E-state index in [9.17, 15) is 4.79 Å². The Kier molecular flexibility index (Phi) is 5.80. The summed E-state index contributed by atoms with van der Waals surface area (Å²) in [5.41, 5.74) is 2.92. The molecular formula is C19H21NO3. The Balaban J connectivity index is 1.97. The van der Waals surface area contributed by atoms with E-state index in [1.54, 1.807) is 13.2 Å². The predicted octanol–water partition coefficient (Wildman–Crippen LogP) is 3.75. The molecule has 0 atom stereocenters. The van der Waals surface area contributed by atoms with Gasteiger partial charge in [0.25, 0.3) is 5.91 Å². The summed E-state index contributed by atoms with van der Waals surface area (Å²) >= 11 is 0. The molecule has 0 bridgehead atoms. The molecule has 2 aromatic carbocycles. The monoisotopic (exact) mass is 311 g/mol. The van der Waals surface area contributed by atoms with E-state index in [0.29, 0.717) is 11.5 Å². The SMILES string of the molecule is C=CCc1ccc(OCC(=O)Nc2cccc(C)c2)c(OC)c1. The molecule has 0 aromatic heterocycles. The van der Waals surface area contributed by atoms with Gasteiger partial charge in [0.2, 0.25) is 0 Å². The minimum absolute atomic E-state index is 0.0783. The first-order valence-electron chi connectivity index (χ1n) is 7.39. The number of amides is 1. The lowest BCUT2D eigenvalue weighted by molar-refractivity contribution is -0.118. The molecule has 0 unspecified atom stereocenters. The Morgan fingerprint density at radius 3 is 2.74 bits per heavy atom. The molecular weight excluding hydrogens is 290 g/mol. The summed E-state index contributed by atoms with van der Waals surface area (Å²) < 4.78 is 10.9. The van der Waals surface area contributed by atoms with Gasteiger partial charge in [-0.1, -0.05) is 24.3 Å². The van der Waals surface area contributed by atoms with E-state index in [1.807, 2.05) is 49.4 Å². The molecule has 120 valence electrons. The first-order chi connectivity index (χ1) is 11.1. The number of allylic oxidation sites excluding steroid dienone is 1. The third kappa shape index (κ3) is 4.88. The van der Waals surface area contributed by atoms with Gasteiger partial charge in [-0.2, -0.15) is 0 Å². The molecule has 0 saturated heterocycles. The lowest BCUT2D eigenvalue weighted by Gasteiger charge is -2.12. The van der Waals surface area contributed by atoms with E-state index < -0.39 is 0 Å². The quantitative estimate of drug-likeness (QED) is 0.792. The summed E-state index contributed by atoms with van der Waals surface area (Å²) in [5, 5.41) is 2.80. The van der Waals surface area contributed by atoms with Crippen LogP contribution in [0.15, 0.2) is 55.1 Å². The fourth-order valence-corrected chi connectivity index (χ4v) is 2.19. The highest BCUT2D eigenvalue weighted by molar-refractivity contribution is 5.91. The van der Waals surface area contributed by atoms with Gasteiger partial charge in [-0.05, 0) is 48.7 Å². The molecule has 0 saturated carbocycles. The molecule has 0 aliphatic rings. The molecule has 0 fully saturated rings. The predicted molar refractivity (Wildman–Crippen MR) is 92.2 cm³/mol. The summed E-state index contributed by atoms with van der Waals surface area (Å²) in [5.74, 6) is 0.931. The highest BCUT2D eigenvalue weighted by Gasteiger charge is 2.09. The van der Waals surface area contributed by atoms with Crippen LogP contribution in [0.25, 0.3) is 0 Å². The molecule has 1 amide bonds. The first kappa shape index (κ1) is 16.6. The Labute approximate surface area is 136 Å². The Morgan fingerprint density at radius 2 is 2.04 bits per heavy atom. The first-order valence-corrected chi connectivity index (χ1v) is 7.39. The second-order valence-corrected chi connectivity index (χ2v) is 5.18. The fraction of sp³-hybridized carbons (Fsp3) is 0.211. The van der Waals surface area contributed by atoms with Crippen molar-refractivity contribution in [2.75, 3.05) is 19.0 Å². The zero-order valence-electron chi connectivity index (χ0n) is 13.5. The van der Waals surface area contributed by atoms with Crippen LogP contribution < -0.4 is 14.8 Å². The molecule has 0 aliphatic heterocycles. The zero-order valence-corrected chi connectivity index (χ0v) is 13.5. The van der Waals surface area contributed by atoms with E-state index in [0.717, 1.165) is 23.2 Å². The van der Waals surface area contributed by atoms with Crippen molar-refractivity contribution in [1.82, 2.24) is 0 Å². The molecule has 4 heteroatoms. The van der Waals surface area contributed by atoms with Gasteiger partial charge in [0, 0.05) is 5.69 Å². The van der Waals surface area contributed by atoms with Gasteiger partial charge in [0.05, 0.1) is 7.11 Å². The second kappa shape index (κ2) is 8.03. The number of carbonyl (C=O) groups excluding carboxylic acids is 1. The van der Waals surface area contributed by atoms with Crippen LogP contribution in [0, 0.1) is 6.92 Å². The minimum atomic E-state index is -0.215. The molecule has 2 rings (SSSR count). The number of carbonyl (C=O) groups is 1. The average Bonchev–Trinajstić information content (AvgIpc) is 2.54. The third-order valence-corrected chi connectivity index (χ3v) is 3.27. The van der Waals surface area contributed by atoms with Crippen molar-refractivity contribution in [2.45, 2.75) is 13.3 Å². The summed E-state index contributed by atoms with van der Waals surface area (Å²) in [6, 6.07) is 13.2. The smallest absolute Gasteiger partial charge is 0.262 e. The number of aryl methyl sites for hydroxylation is 1. The van der Waals surface area contributed by atoms with Crippen LogP contribution in [-0.2, 0) is 11.2 Å². The normalized spacial score (nSPS) is 10.0. The van der Waals surface area contributed by atoms with E-state index >= 15 is 0 Å². The lowest BCUT2D eigenvalue weighted by atomic mass is 10.1. The maximum atomic E-state index is 12.0. The van der Waals surface area contributed by atoms with Crippen LogP contribution in [-0.4, -0.2) is 19.6 Å². The maximum Gasteiger partial charge on any atom is 0.262 e. The van der Waals surface area contributed by atoms with Crippen molar-refractivity contribution in [3.8, 4) is 11.5 Å². The molecule has 2 aromatic rings. The van der Waals surface area contributed by atoms with Crippen molar-refractivity contribution >= 4 is 11.6 Å². The highest BCUT2D eigenvalue weighted by Crippen LogP contribution is 2.28. The lowest BCUT2D eigenvalue weighted by Crippen LogP contribution is -2.20. The summed E-state index contributed by atoms with van der Waals surface area (Å²) in [4.78, 5) is 12.0. The molecule has 0 spiro atoms. The molecule has 1 N–H and O–H groups in total. The number of methoxy groups -OCH3 is 1. The van der Waals surface area contributed by atoms with E-state index in [4.69, 9.17) is 9.47 Å². The zero-order chi connectivity index (χ0) is 16.7. The van der Waals surface area contributed by atoms with Gasteiger partial charge in [0.15, 0.2) is 18.1 Å². The van der Waals surface area contributed by atoms with E-state index in [-0.39, 0.29) is 12.5 Å². The van der Waals surface area contributed by atoms with Gasteiger partial charge in [-0.15, -0.1) is 6.58 Å². The highest BCUT2D eigenvalue weighted by atomic mass is 16.5. The molecule has 4 nitrogen and oxygen atoms in total. The number of rotatable bonds is 7. The molecule has 0 aliphatic carbocycles. The van der Waals surface area contributed by atoms with Crippen molar-refractivity contribution in [2.24, 2.45) is 0 Å². The standard InChI is InChI=1S/C19H21NO3/c1-4-6-15-9-10-17(18(12-15)22-3)23-13-19(21)20-16-8-5-7-14(2)11-16/h4-5,7-12H,1,6,13H2,2-3H3,(H,20,21).